The Morgan fingerprint density at radius 2 is 1.76 bits per heavy atom. The molecule has 2 aliphatic rings. The number of benzene rings is 2. The van der Waals surface area contributed by atoms with E-state index >= 15 is 0 Å². The molecule has 9 heteroatoms. The molecule has 1 unspecified atom stereocenters. The minimum Gasteiger partial charge on any atom is -0.507 e. The Kier molecular flexibility index (Phi) is 10.7. The van der Waals surface area contributed by atoms with Gasteiger partial charge in [0, 0.05) is 31.7 Å². The summed E-state index contributed by atoms with van der Waals surface area (Å²) in [5.74, 6) is 0.182. The van der Waals surface area contributed by atoms with Gasteiger partial charge < -0.3 is 29.0 Å². The fraction of sp³-hybridized carbons (Fsp3) is 0.500. The normalized spacial score (nSPS) is 19.1. The Morgan fingerprint density at radius 1 is 1.02 bits per heavy atom. The van der Waals surface area contributed by atoms with E-state index in [1.807, 2.05) is 19.9 Å². The molecule has 1 amide bonds. The third kappa shape index (κ3) is 7.40. The van der Waals surface area contributed by atoms with Crippen LogP contribution in [0.15, 0.2) is 48.0 Å². The van der Waals surface area contributed by atoms with Crippen LogP contribution in [-0.4, -0.2) is 85.8 Å². The van der Waals surface area contributed by atoms with Crippen molar-refractivity contribution in [2.24, 2.45) is 0 Å². The first-order valence-corrected chi connectivity index (χ1v) is 14.5. The van der Waals surface area contributed by atoms with Gasteiger partial charge in [-0.25, -0.2) is 0 Å². The third-order valence-corrected chi connectivity index (χ3v) is 7.31. The van der Waals surface area contributed by atoms with Crippen molar-refractivity contribution in [2.75, 3.05) is 53.1 Å². The van der Waals surface area contributed by atoms with Crippen molar-refractivity contribution < 1.29 is 33.6 Å². The van der Waals surface area contributed by atoms with E-state index in [2.05, 4.69) is 11.8 Å². The maximum atomic E-state index is 13.5. The fourth-order valence-electron chi connectivity index (χ4n) is 5.16. The first-order chi connectivity index (χ1) is 19.8. The molecular weight excluding hydrogens is 524 g/mol. The molecular formula is C32H42N2O7. The third-order valence-electron chi connectivity index (χ3n) is 7.31. The number of aliphatic hydroxyl groups excluding tert-OH is 1. The molecule has 0 bridgehead atoms. The number of methoxy groups -OCH3 is 1. The quantitative estimate of drug-likeness (QED) is 0.160. The highest BCUT2D eigenvalue weighted by Crippen LogP contribution is 2.42. The zero-order valence-electron chi connectivity index (χ0n) is 24.6. The number of ether oxygens (including phenoxy) is 4. The second-order valence-corrected chi connectivity index (χ2v) is 10.6. The van der Waals surface area contributed by atoms with Gasteiger partial charge in [0.15, 0.2) is 11.5 Å². The van der Waals surface area contributed by atoms with E-state index in [-0.39, 0.29) is 17.4 Å². The van der Waals surface area contributed by atoms with Gasteiger partial charge in [0.2, 0.25) is 0 Å². The maximum absolute atomic E-state index is 13.5. The molecule has 9 nitrogen and oxygen atoms in total. The Labute approximate surface area is 242 Å². The van der Waals surface area contributed by atoms with Crippen LogP contribution in [0.1, 0.15) is 57.2 Å². The molecule has 0 radical (unpaired) electrons. The zero-order valence-corrected chi connectivity index (χ0v) is 24.6. The highest BCUT2D eigenvalue weighted by Gasteiger charge is 2.46. The molecule has 0 spiro atoms. The number of nitrogens with zero attached hydrogens (tertiary/aromatic N) is 2. The molecule has 2 aliphatic heterocycles. The topological polar surface area (TPSA) is 97.8 Å². The van der Waals surface area contributed by atoms with Crippen molar-refractivity contribution in [3.63, 3.8) is 0 Å². The predicted molar refractivity (Wildman–Crippen MR) is 156 cm³/mol. The first-order valence-electron chi connectivity index (χ1n) is 14.5. The van der Waals surface area contributed by atoms with E-state index in [9.17, 15) is 14.7 Å². The Hall–Kier alpha value is -3.56. The highest BCUT2D eigenvalue weighted by atomic mass is 16.5. The number of rotatable bonds is 13. The van der Waals surface area contributed by atoms with Gasteiger partial charge in [-0.1, -0.05) is 25.8 Å². The van der Waals surface area contributed by atoms with E-state index in [4.69, 9.17) is 18.9 Å². The highest BCUT2D eigenvalue weighted by molar-refractivity contribution is 6.46. The summed E-state index contributed by atoms with van der Waals surface area (Å²) in [5.41, 5.74) is 1.14. The smallest absolute Gasteiger partial charge is 0.295 e. The van der Waals surface area contributed by atoms with Crippen LogP contribution in [0, 0.1) is 0 Å². The van der Waals surface area contributed by atoms with Gasteiger partial charge in [-0.2, -0.15) is 0 Å². The van der Waals surface area contributed by atoms with E-state index in [1.54, 1.807) is 48.4 Å². The second kappa shape index (κ2) is 14.4. The van der Waals surface area contributed by atoms with Crippen molar-refractivity contribution in [1.82, 2.24) is 9.80 Å². The molecule has 1 atom stereocenters. The average Bonchev–Trinajstić information content (AvgIpc) is 3.23. The van der Waals surface area contributed by atoms with Crippen LogP contribution in [0.5, 0.6) is 17.2 Å². The van der Waals surface area contributed by atoms with E-state index in [0.29, 0.717) is 61.3 Å². The minimum absolute atomic E-state index is 0.000172. The number of Topliss-reactive ketones (excluding diaryl/α,β-unsaturated/α-hetero) is 1. The Bertz CT molecular complexity index is 1220. The van der Waals surface area contributed by atoms with Gasteiger partial charge in [0.1, 0.15) is 11.5 Å². The monoisotopic (exact) mass is 566 g/mol. The number of hydrogen-bond donors (Lipinski definition) is 1. The summed E-state index contributed by atoms with van der Waals surface area (Å²) in [6, 6.07) is 11.5. The summed E-state index contributed by atoms with van der Waals surface area (Å²) in [6.07, 6.45) is 3.10. The van der Waals surface area contributed by atoms with Gasteiger partial charge in [-0.3, -0.25) is 14.5 Å². The SMILES string of the molecule is CCCCCOc1ccc(C2/C(=C(\O)c3ccc(OC(C)C)cc3)C(=O)C(=O)N2CCN2CCOCC2)cc1OC. The lowest BCUT2D eigenvalue weighted by molar-refractivity contribution is -0.140. The molecule has 2 saturated heterocycles. The second-order valence-electron chi connectivity index (χ2n) is 10.6. The molecule has 2 heterocycles. The number of morpholine rings is 1. The van der Waals surface area contributed by atoms with E-state index in [0.717, 1.165) is 32.4 Å². The Balaban J connectivity index is 1.70. The summed E-state index contributed by atoms with van der Waals surface area (Å²) in [7, 11) is 1.56. The molecule has 41 heavy (non-hydrogen) atoms. The van der Waals surface area contributed by atoms with Gasteiger partial charge in [-0.15, -0.1) is 0 Å². The molecule has 1 N–H and O–H groups in total. The minimum atomic E-state index is -0.786. The van der Waals surface area contributed by atoms with Crippen LogP contribution in [0.25, 0.3) is 5.76 Å². The lowest BCUT2D eigenvalue weighted by Gasteiger charge is -2.31. The summed E-state index contributed by atoms with van der Waals surface area (Å²) >= 11 is 0. The summed E-state index contributed by atoms with van der Waals surface area (Å²) in [6.45, 7) is 10.3. The molecule has 0 aliphatic carbocycles. The number of unbranched alkanes of at least 4 members (excludes halogenated alkanes) is 2. The molecule has 2 aromatic rings. The van der Waals surface area contributed by atoms with Crippen LogP contribution in [0.4, 0.5) is 0 Å². The van der Waals surface area contributed by atoms with Crippen LogP contribution in [0.2, 0.25) is 0 Å². The lowest BCUT2D eigenvalue weighted by atomic mass is 9.95. The van der Waals surface area contributed by atoms with Crippen LogP contribution >= 0.6 is 0 Å². The number of aliphatic hydroxyl groups is 1. The van der Waals surface area contributed by atoms with Crippen molar-refractivity contribution in [3.05, 3.63) is 59.2 Å². The van der Waals surface area contributed by atoms with E-state index < -0.39 is 17.7 Å². The van der Waals surface area contributed by atoms with Crippen molar-refractivity contribution in [3.8, 4) is 17.2 Å². The largest absolute Gasteiger partial charge is 0.507 e. The molecule has 2 fully saturated rings. The number of carbonyl (C=O) groups is 2. The summed E-state index contributed by atoms with van der Waals surface area (Å²) in [5, 5.41) is 11.5. The summed E-state index contributed by atoms with van der Waals surface area (Å²) < 4.78 is 22.8. The number of carbonyl (C=O) groups excluding carboxylic acids is 2. The molecule has 222 valence electrons. The number of likely N-dealkylation sites (tertiary alicyclic amines) is 1. The van der Waals surface area contributed by atoms with Crippen molar-refractivity contribution in [1.29, 1.82) is 0 Å². The Morgan fingerprint density at radius 3 is 2.41 bits per heavy atom. The van der Waals surface area contributed by atoms with Gasteiger partial charge in [-0.05, 0) is 62.2 Å². The van der Waals surface area contributed by atoms with Crippen LogP contribution in [-0.2, 0) is 14.3 Å². The maximum Gasteiger partial charge on any atom is 0.295 e. The molecule has 0 saturated carbocycles. The van der Waals surface area contributed by atoms with E-state index in [1.165, 1.54) is 0 Å². The van der Waals surface area contributed by atoms with Crippen LogP contribution < -0.4 is 14.2 Å². The zero-order chi connectivity index (χ0) is 29.4. The van der Waals surface area contributed by atoms with Gasteiger partial charge >= 0.3 is 0 Å². The van der Waals surface area contributed by atoms with Gasteiger partial charge in [0.25, 0.3) is 11.7 Å². The summed E-state index contributed by atoms with van der Waals surface area (Å²) in [4.78, 5) is 30.7. The number of hydrogen-bond acceptors (Lipinski definition) is 8. The molecule has 0 aromatic heterocycles. The predicted octanol–water partition coefficient (Wildman–Crippen LogP) is 4.81. The fourth-order valence-corrected chi connectivity index (χ4v) is 5.16. The number of amides is 1. The van der Waals surface area contributed by atoms with Crippen molar-refractivity contribution in [2.45, 2.75) is 52.2 Å². The number of ketones is 1. The molecule has 2 aromatic carbocycles. The average molecular weight is 567 g/mol. The van der Waals surface area contributed by atoms with Gasteiger partial charge in [0.05, 0.1) is 44.6 Å². The van der Waals surface area contributed by atoms with Crippen molar-refractivity contribution >= 4 is 17.4 Å². The van der Waals surface area contributed by atoms with Crippen LogP contribution in [0.3, 0.4) is 0 Å². The first kappa shape index (κ1) is 30.4. The standard InChI is InChI=1S/C32H42N2O7/c1-5-6-7-18-40-26-13-10-24(21-27(26)38-4)29-28(30(35)23-8-11-25(12-9-23)41-22(2)3)31(36)32(37)34(29)15-14-33-16-19-39-20-17-33/h8-13,21-22,29,35H,5-7,14-20H2,1-4H3/b30-28+. The molecule has 4 rings (SSSR count). The lowest BCUT2D eigenvalue weighted by Crippen LogP contribution is -2.42.